The van der Waals surface area contributed by atoms with Crippen molar-refractivity contribution in [1.82, 2.24) is 30.4 Å². The van der Waals surface area contributed by atoms with Crippen molar-refractivity contribution in [3.8, 4) is 22.5 Å². The second-order valence-electron chi connectivity index (χ2n) is 12.6. The molecular weight excluding hydrogens is 583 g/mol. The summed E-state index contributed by atoms with van der Waals surface area (Å²) in [5.74, 6) is 0.268. The number of benzene rings is 1. The van der Waals surface area contributed by atoms with Crippen molar-refractivity contribution in [3.05, 3.63) is 118 Å². The van der Waals surface area contributed by atoms with Gasteiger partial charge in [0.15, 0.2) is 0 Å². The van der Waals surface area contributed by atoms with Gasteiger partial charge in [0, 0.05) is 28.2 Å². The lowest BCUT2D eigenvalue weighted by molar-refractivity contribution is 0.400. The van der Waals surface area contributed by atoms with Crippen molar-refractivity contribution in [2.75, 3.05) is 20.6 Å². The summed E-state index contributed by atoms with van der Waals surface area (Å²) in [5.41, 5.74) is 9.00. The first-order valence-electron chi connectivity index (χ1n) is 16.5. The molecule has 0 unspecified atom stereocenters. The molecule has 3 N–H and O–H groups in total. The maximum absolute atomic E-state index is 14.8. The van der Waals surface area contributed by atoms with E-state index in [2.05, 4.69) is 94.6 Å². The lowest BCUT2D eigenvalue weighted by Crippen LogP contribution is -2.22. The highest BCUT2D eigenvalue weighted by atomic mass is 19.1. The zero-order valence-electron chi connectivity index (χ0n) is 28.2. The average molecular weight is 631 g/mol. The largest absolute Gasteiger partial charge is 0.359 e. The van der Waals surface area contributed by atoms with E-state index in [1.165, 1.54) is 25.7 Å². The van der Waals surface area contributed by atoms with E-state index in [1.54, 1.807) is 18.3 Å². The third kappa shape index (κ3) is 7.98. The summed E-state index contributed by atoms with van der Waals surface area (Å²) in [6, 6.07) is 9.30. The van der Waals surface area contributed by atoms with Crippen LogP contribution in [-0.2, 0) is 6.42 Å². The number of aryl methyl sites for hydroxylation is 1. The van der Waals surface area contributed by atoms with E-state index in [1.807, 2.05) is 32.1 Å². The first kappa shape index (κ1) is 33.6. The quantitative estimate of drug-likeness (QED) is 0.132. The minimum absolute atomic E-state index is 0.237. The van der Waals surface area contributed by atoms with E-state index in [0.717, 1.165) is 80.6 Å². The van der Waals surface area contributed by atoms with E-state index in [4.69, 9.17) is 0 Å². The van der Waals surface area contributed by atoms with E-state index in [9.17, 15) is 4.39 Å². The van der Waals surface area contributed by atoms with Crippen LogP contribution in [0.15, 0.2) is 96.5 Å². The monoisotopic (exact) mass is 630 g/mol. The Morgan fingerprint density at radius 2 is 1.87 bits per heavy atom. The van der Waals surface area contributed by atoms with E-state index in [-0.39, 0.29) is 5.82 Å². The number of H-pyrrole nitrogens is 2. The summed E-state index contributed by atoms with van der Waals surface area (Å²) in [6.07, 6.45) is 18.6. The summed E-state index contributed by atoms with van der Waals surface area (Å²) < 4.78 is 14.8. The van der Waals surface area contributed by atoms with Crippen molar-refractivity contribution >= 4 is 23.7 Å². The molecular formula is C40H47FN6. The Morgan fingerprint density at radius 3 is 2.57 bits per heavy atom. The number of nitrogens with zero attached hydrogens (tertiary/aromatic N) is 3. The standard InChI is InChI=1S/C40H47FN6/c1-8-29(23-34(10-3)43-26(4)31-15-11-12-16-31)30(9-2)24-36-27(5)45-46-39(36)38-25-37-35(17-18-42-40(37)44-38)32-20-28(21-33(41)22-32)14-13-19-47(6)7/h8-10,17-18,20-25,31,43,45H,3-5,11-16,19H2,1-2,6-7H3,(H,42,44)/b29-8+,30-9+,34-23+,36-24+. The van der Waals surface area contributed by atoms with Crippen molar-refractivity contribution in [1.29, 1.82) is 0 Å². The second kappa shape index (κ2) is 15.2. The molecule has 0 saturated heterocycles. The van der Waals surface area contributed by atoms with Crippen LogP contribution in [0.5, 0.6) is 0 Å². The summed E-state index contributed by atoms with van der Waals surface area (Å²) in [7, 11) is 4.10. The Morgan fingerprint density at radius 1 is 1.11 bits per heavy atom. The maximum atomic E-state index is 14.8. The fourth-order valence-electron chi connectivity index (χ4n) is 6.40. The Bertz CT molecular complexity index is 1960. The molecule has 1 aliphatic carbocycles. The normalized spacial score (nSPS) is 15.3. The van der Waals surface area contributed by atoms with E-state index >= 15 is 0 Å². The molecule has 47 heavy (non-hydrogen) atoms. The number of nitrogens with one attached hydrogen (secondary N) is 3. The number of pyridine rings is 1. The van der Waals surface area contributed by atoms with Crippen LogP contribution < -0.4 is 15.9 Å². The number of aromatic amines is 2. The fourth-order valence-corrected chi connectivity index (χ4v) is 6.40. The van der Waals surface area contributed by atoms with Gasteiger partial charge in [-0.2, -0.15) is 5.10 Å². The topological polar surface area (TPSA) is 72.6 Å². The molecule has 244 valence electrons. The third-order valence-electron chi connectivity index (χ3n) is 8.95. The molecule has 5 rings (SSSR count). The number of rotatable bonds is 13. The lowest BCUT2D eigenvalue weighted by Gasteiger charge is -2.17. The summed E-state index contributed by atoms with van der Waals surface area (Å²) >= 11 is 0. The van der Waals surface area contributed by atoms with Crippen molar-refractivity contribution < 1.29 is 4.39 Å². The average Bonchev–Trinajstić information content (AvgIpc) is 3.82. The van der Waals surface area contributed by atoms with Gasteiger partial charge in [-0.15, -0.1) is 0 Å². The van der Waals surface area contributed by atoms with Crippen LogP contribution in [0.3, 0.4) is 0 Å². The molecule has 0 aliphatic heterocycles. The van der Waals surface area contributed by atoms with Gasteiger partial charge in [0.2, 0.25) is 0 Å². The first-order valence-corrected chi connectivity index (χ1v) is 16.5. The van der Waals surface area contributed by atoms with E-state index in [0.29, 0.717) is 16.9 Å². The molecule has 0 amide bonds. The summed E-state index contributed by atoms with van der Waals surface area (Å²) in [4.78, 5) is 10.2. The Kier molecular flexibility index (Phi) is 10.9. The van der Waals surface area contributed by atoms with Gasteiger partial charge in [-0.3, -0.25) is 5.10 Å². The van der Waals surface area contributed by atoms with Crippen LogP contribution in [-0.4, -0.2) is 45.7 Å². The van der Waals surface area contributed by atoms with Gasteiger partial charge in [0.1, 0.15) is 17.2 Å². The predicted molar refractivity (Wildman–Crippen MR) is 195 cm³/mol. The zero-order chi connectivity index (χ0) is 33.5. The molecule has 0 spiro atoms. The minimum atomic E-state index is -0.237. The van der Waals surface area contributed by atoms with Gasteiger partial charge in [-0.05, 0) is 136 Å². The number of fused-ring (bicyclic) bond motifs is 1. The molecule has 0 radical (unpaired) electrons. The number of hydrogen-bond donors (Lipinski definition) is 3. The molecule has 3 aromatic heterocycles. The molecule has 1 saturated carbocycles. The van der Waals surface area contributed by atoms with Gasteiger partial charge in [0.05, 0.1) is 11.0 Å². The number of aromatic nitrogens is 4. The number of allylic oxidation sites excluding steroid dienone is 7. The van der Waals surface area contributed by atoms with Crippen LogP contribution in [0.1, 0.15) is 51.5 Å². The highest BCUT2D eigenvalue weighted by Crippen LogP contribution is 2.32. The number of hydrogen-bond acceptors (Lipinski definition) is 4. The van der Waals surface area contributed by atoms with Crippen molar-refractivity contribution in [3.63, 3.8) is 0 Å². The van der Waals surface area contributed by atoms with Crippen LogP contribution >= 0.6 is 0 Å². The Balaban J connectivity index is 1.49. The van der Waals surface area contributed by atoms with Gasteiger partial charge < -0.3 is 15.2 Å². The lowest BCUT2D eigenvalue weighted by atomic mass is 9.99. The molecule has 1 aliphatic rings. The Labute approximate surface area is 277 Å². The summed E-state index contributed by atoms with van der Waals surface area (Å²) in [6.45, 7) is 17.6. The highest BCUT2D eigenvalue weighted by Gasteiger charge is 2.18. The van der Waals surface area contributed by atoms with Crippen LogP contribution in [0.2, 0.25) is 0 Å². The Hall–Kier alpha value is -4.75. The minimum Gasteiger partial charge on any atom is -0.359 e. The van der Waals surface area contributed by atoms with Crippen LogP contribution in [0.25, 0.3) is 46.2 Å². The zero-order valence-corrected chi connectivity index (χ0v) is 28.2. The van der Waals surface area contributed by atoms with Crippen LogP contribution in [0, 0.1) is 11.7 Å². The molecule has 3 heterocycles. The predicted octanol–water partition coefficient (Wildman–Crippen LogP) is 7.70. The van der Waals surface area contributed by atoms with Gasteiger partial charge >= 0.3 is 0 Å². The molecule has 1 fully saturated rings. The smallest absolute Gasteiger partial charge is 0.138 e. The number of halogens is 1. The van der Waals surface area contributed by atoms with Gasteiger partial charge in [-0.1, -0.05) is 50.8 Å². The second-order valence-corrected chi connectivity index (χ2v) is 12.6. The highest BCUT2D eigenvalue weighted by molar-refractivity contribution is 5.96. The molecule has 0 atom stereocenters. The van der Waals surface area contributed by atoms with Gasteiger partial charge in [0.25, 0.3) is 0 Å². The fraction of sp³-hybridized carbons (Fsp3) is 0.300. The molecule has 6 nitrogen and oxygen atoms in total. The third-order valence-corrected chi connectivity index (χ3v) is 8.95. The molecule has 1 aromatic carbocycles. The molecule has 4 aromatic rings. The summed E-state index contributed by atoms with van der Waals surface area (Å²) in [5, 5.41) is 13.7. The molecule has 0 bridgehead atoms. The van der Waals surface area contributed by atoms with E-state index < -0.39 is 0 Å². The first-order chi connectivity index (χ1) is 22.7. The van der Waals surface area contributed by atoms with Crippen molar-refractivity contribution in [2.24, 2.45) is 5.92 Å². The van der Waals surface area contributed by atoms with Gasteiger partial charge in [-0.25, -0.2) is 9.37 Å². The van der Waals surface area contributed by atoms with Crippen LogP contribution in [0.4, 0.5) is 4.39 Å². The maximum Gasteiger partial charge on any atom is 0.138 e. The van der Waals surface area contributed by atoms with Crippen molar-refractivity contribution in [2.45, 2.75) is 52.4 Å². The SMILES string of the molecule is C=C\C(=C/C(=C\C)C(/C=c1/c(-c2cc3c(-c4cc(F)cc(CCCN(C)C)c4)ccnc3[nH]2)n[nH]c1=C)=C/C)NC(=C)C1CCCC1. The molecule has 7 heteroatoms.